The van der Waals surface area contributed by atoms with Crippen LogP contribution in [0.4, 0.5) is 17.1 Å². The molecule has 1 aliphatic heterocycles. The van der Waals surface area contributed by atoms with E-state index in [1.165, 1.54) is 12.1 Å². The van der Waals surface area contributed by atoms with Gasteiger partial charge in [0.1, 0.15) is 5.58 Å². The quantitative estimate of drug-likeness (QED) is 0.560. The zero-order chi connectivity index (χ0) is 18.8. The first-order valence-corrected chi connectivity index (χ1v) is 8.53. The number of furan rings is 1. The molecule has 1 amide bonds. The molecule has 1 aliphatic rings. The number of nitrogens with zero attached hydrogens (tertiary/aromatic N) is 2. The van der Waals surface area contributed by atoms with E-state index in [2.05, 4.69) is 5.32 Å². The first-order valence-electron chi connectivity index (χ1n) is 8.53. The zero-order valence-corrected chi connectivity index (χ0v) is 14.4. The van der Waals surface area contributed by atoms with Crippen molar-refractivity contribution in [2.45, 2.75) is 0 Å². The molecule has 1 saturated heterocycles. The molecule has 1 aromatic heterocycles. The lowest BCUT2D eigenvalue weighted by Crippen LogP contribution is -2.36. The van der Waals surface area contributed by atoms with Gasteiger partial charge in [-0.25, -0.2) is 0 Å². The summed E-state index contributed by atoms with van der Waals surface area (Å²) in [5, 5.41) is 14.7. The second-order valence-electron chi connectivity index (χ2n) is 6.16. The number of amides is 1. The predicted octanol–water partition coefficient (Wildman–Crippen LogP) is 3.43. The van der Waals surface area contributed by atoms with E-state index in [-0.39, 0.29) is 11.4 Å². The van der Waals surface area contributed by atoms with Gasteiger partial charge in [0.2, 0.25) is 0 Å². The largest absolute Gasteiger partial charge is 0.451 e. The number of fused-ring (bicyclic) bond motifs is 1. The molecule has 2 aromatic carbocycles. The Bertz CT molecular complexity index is 975. The lowest BCUT2D eigenvalue weighted by molar-refractivity contribution is -0.384. The average Bonchev–Trinajstić information content (AvgIpc) is 3.13. The van der Waals surface area contributed by atoms with Crippen LogP contribution in [0.1, 0.15) is 10.6 Å². The number of nitro groups is 1. The van der Waals surface area contributed by atoms with Gasteiger partial charge >= 0.3 is 0 Å². The van der Waals surface area contributed by atoms with Crippen molar-refractivity contribution < 1.29 is 18.9 Å². The maximum Gasteiger partial charge on any atom is 0.291 e. The minimum Gasteiger partial charge on any atom is -0.451 e. The van der Waals surface area contributed by atoms with E-state index in [0.29, 0.717) is 43.3 Å². The van der Waals surface area contributed by atoms with Crippen molar-refractivity contribution in [2.75, 3.05) is 36.5 Å². The minimum absolute atomic E-state index is 0.0908. The topological polar surface area (TPSA) is 97.8 Å². The van der Waals surface area contributed by atoms with Crippen molar-refractivity contribution >= 4 is 33.9 Å². The van der Waals surface area contributed by atoms with Crippen molar-refractivity contribution in [1.82, 2.24) is 0 Å². The summed E-state index contributed by atoms with van der Waals surface area (Å²) in [6, 6.07) is 13.4. The number of anilines is 2. The normalized spacial score (nSPS) is 14.3. The minimum atomic E-state index is -0.486. The third-order valence-corrected chi connectivity index (χ3v) is 4.44. The Morgan fingerprint density at radius 2 is 1.89 bits per heavy atom. The van der Waals surface area contributed by atoms with E-state index in [1.54, 1.807) is 18.2 Å². The number of non-ortho nitro benzene ring substituents is 1. The predicted molar refractivity (Wildman–Crippen MR) is 100 cm³/mol. The number of ether oxygens (including phenoxy) is 1. The van der Waals surface area contributed by atoms with Crippen molar-refractivity contribution in [1.29, 1.82) is 0 Å². The van der Waals surface area contributed by atoms with Crippen molar-refractivity contribution in [3.05, 3.63) is 64.4 Å². The molecule has 27 heavy (non-hydrogen) atoms. The van der Waals surface area contributed by atoms with E-state index in [1.807, 2.05) is 23.1 Å². The first kappa shape index (κ1) is 17.0. The number of hydrogen-bond donors (Lipinski definition) is 1. The van der Waals surface area contributed by atoms with Gasteiger partial charge in [0.25, 0.3) is 11.6 Å². The van der Waals surface area contributed by atoms with Gasteiger partial charge in [-0.3, -0.25) is 14.9 Å². The Balaban J connectivity index is 1.66. The van der Waals surface area contributed by atoms with Gasteiger partial charge < -0.3 is 19.4 Å². The molecule has 0 saturated carbocycles. The van der Waals surface area contributed by atoms with Crippen LogP contribution >= 0.6 is 0 Å². The fourth-order valence-electron chi connectivity index (χ4n) is 3.10. The van der Waals surface area contributed by atoms with Crippen molar-refractivity contribution in [3.8, 4) is 0 Å². The average molecular weight is 367 g/mol. The first-order chi connectivity index (χ1) is 13.1. The molecule has 3 aromatic rings. The van der Waals surface area contributed by atoms with Crippen molar-refractivity contribution in [2.24, 2.45) is 0 Å². The lowest BCUT2D eigenvalue weighted by Gasteiger charge is -2.30. The molecule has 8 nitrogen and oxygen atoms in total. The maximum atomic E-state index is 12.7. The van der Waals surface area contributed by atoms with Crippen molar-refractivity contribution in [3.63, 3.8) is 0 Å². The number of morpholine rings is 1. The van der Waals surface area contributed by atoms with Gasteiger partial charge in [-0.2, -0.15) is 0 Å². The molecule has 1 fully saturated rings. The molecule has 0 atom stereocenters. The number of carbonyl (C=O) groups is 1. The van der Waals surface area contributed by atoms with Gasteiger partial charge in [0.15, 0.2) is 5.76 Å². The molecule has 2 heterocycles. The Kier molecular flexibility index (Phi) is 4.47. The molecule has 138 valence electrons. The Morgan fingerprint density at radius 3 is 2.63 bits per heavy atom. The molecule has 1 N–H and O–H groups in total. The molecule has 0 aliphatic carbocycles. The fraction of sp³-hybridized carbons (Fsp3) is 0.211. The summed E-state index contributed by atoms with van der Waals surface area (Å²) in [5.74, 6) is -0.308. The van der Waals surface area contributed by atoms with Crippen LogP contribution in [0.5, 0.6) is 0 Å². The summed E-state index contributed by atoms with van der Waals surface area (Å²) in [4.78, 5) is 25.4. The second kappa shape index (κ2) is 7.08. The highest BCUT2D eigenvalue weighted by molar-refractivity contribution is 6.06. The van der Waals surface area contributed by atoms with Crippen LogP contribution in [0.2, 0.25) is 0 Å². The highest BCUT2D eigenvalue weighted by Crippen LogP contribution is 2.31. The summed E-state index contributed by atoms with van der Waals surface area (Å²) in [6.07, 6.45) is 0. The second-order valence-corrected chi connectivity index (χ2v) is 6.16. The standard InChI is InChI=1S/C19H17N3O5/c23-19(18-11-13-3-1-2-4-17(13)27-18)20-15-12-14(22(24)25)5-6-16(15)21-7-9-26-10-8-21/h1-6,11-12H,7-10H2,(H,20,23). The van der Waals surface area contributed by atoms with Crippen LogP contribution in [0.15, 0.2) is 52.9 Å². The smallest absolute Gasteiger partial charge is 0.291 e. The van der Waals surface area contributed by atoms with Gasteiger partial charge in [0, 0.05) is 30.6 Å². The van der Waals surface area contributed by atoms with Crippen LogP contribution in [0, 0.1) is 10.1 Å². The molecule has 0 radical (unpaired) electrons. The summed E-state index contributed by atoms with van der Waals surface area (Å²) in [6.45, 7) is 2.42. The molecule has 0 unspecified atom stereocenters. The molecule has 8 heteroatoms. The van der Waals surface area contributed by atoms with E-state index >= 15 is 0 Å². The number of benzene rings is 2. The van der Waals surface area contributed by atoms with Crippen LogP contribution < -0.4 is 10.2 Å². The Morgan fingerprint density at radius 1 is 1.11 bits per heavy atom. The molecule has 0 bridgehead atoms. The summed E-state index contributed by atoms with van der Waals surface area (Å²) in [7, 11) is 0. The summed E-state index contributed by atoms with van der Waals surface area (Å²) >= 11 is 0. The fourth-order valence-corrected chi connectivity index (χ4v) is 3.10. The van der Waals surface area contributed by atoms with E-state index in [4.69, 9.17) is 9.15 Å². The molecule has 4 rings (SSSR count). The van der Waals surface area contributed by atoms with E-state index in [9.17, 15) is 14.9 Å². The summed E-state index contributed by atoms with van der Waals surface area (Å²) < 4.78 is 10.9. The van der Waals surface area contributed by atoms with E-state index in [0.717, 1.165) is 5.39 Å². The van der Waals surface area contributed by atoms with Gasteiger partial charge in [-0.15, -0.1) is 0 Å². The maximum absolute atomic E-state index is 12.7. The molecular formula is C19H17N3O5. The highest BCUT2D eigenvalue weighted by atomic mass is 16.6. The third-order valence-electron chi connectivity index (χ3n) is 4.44. The SMILES string of the molecule is O=C(Nc1cc([N+](=O)[O-])ccc1N1CCOCC1)c1cc2ccccc2o1. The van der Waals surface area contributed by atoms with Crippen LogP contribution in [-0.4, -0.2) is 37.1 Å². The zero-order valence-electron chi connectivity index (χ0n) is 14.4. The summed E-state index contributed by atoms with van der Waals surface area (Å²) in [5.41, 5.74) is 1.60. The number of para-hydroxylation sites is 1. The number of hydrogen-bond acceptors (Lipinski definition) is 6. The van der Waals surface area contributed by atoms with E-state index < -0.39 is 10.8 Å². The third kappa shape index (κ3) is 3.47. The Labute approximate surface area is 154 Å². The number of rotatable bonds is 4. The highest BCUT2D eigenvalue weighted by Gasteiger charge is 2.21. The van der Waals surface area contributed by atoms with Gasteiger partial charge in [-0.05, 0) is 18.2 Å². The molecular weight excluding hydrogens is 350 g/mol. The lowest BCUT2D eigenvalue weighted by atomic mass is 10.2. The Hall–Kier alpha value is -3.39. The molecule has 0 spiro atoms. The number of nitro benzene ring substituents is 1. The number of carbonyl (C=O) groups excluding carboxylic acids is 1. The van der Waals surface area contributed by atoms with Crippen LogP contribution in [-0.2, 0) is 4.74 Å². The van der Waals surface area contributed by atoms with Crippen LogP contribution in [0.3, 0.4) is 0 Å². The van der Waals surface area contributed by atoms with Crippen LogP contribution in [0.25, 0.3) is 11.0 Å². The number of nitrogens with one attached hydrogen (secondary N) is 1. The van der Waals surface area contributed by atoms with Gasteiger partial charge in [0.05, 0.1) is 29.5 Å². The monoisotopic (exact) mass is 367 g/mol. The van der Waals surface area contributed by atoms with Gasteiger partial charge in [-0.1, -0.05) is 18.2 Å².